The van der Waals surface area contributed by atoms with Crippen LogP contribution in [-0.4, -0.2) is 19.7 Å². The molecule has 2 heterocycles. The molecule has 2 aliphatic heterocycles. The molecule has 4 heteroatoms. The van der Waals surface area contributed by atoms with Crippen LogP contribution in [0, 0.1) is 11.7 Å². The first-order valence-corrected chi connectivity index (χ1v) is 8.14. The van der Waals surface area contributed by atoms with Crippen molar-refractivity contribution in [2.24, 2.45) is 5.92 Å². The molecule has 2 aromatic rings. The maximum atomic E-state index is 13.1. The van der Waals surface area contributed by atoms with Gasteiger partial charge in [-0.1, -0.05) is 12.1 Å². The van der Waals surface area contributed by atoms with Crippen molar-refractivity contribution in [1.82, 2.24) is 5.32 Å². The molecule has 120 valence electrons. The van der Waals surface area contributed by atoms with Crippen molar-refractivity contribution in [1.29, 1.82) is 0 Å². The lowest BCUT2D eigenvalue weighted by Gasteiger charge is -2.32. The van der Waals surface area contributed by atoms with Crippen molar-refractivity contribution in [3.63, 3.8) is 0 Å². The van der Waals surface area contributed by atoms with Crippen LogP contribution in [0.3, 0.4) is 0 Å². The Morgan fingerprint density at radius 2 is 2.04 bits per heavy atom. The Kier molecular flexibility index (Phi) is 3.92. The summed E-state index contributed by atoms with van der Waals surface area (Å²) in [6.07, 6.45) is 1.05. The summed E-state index contributed by atoms with van der Waals surface area (Å²) in [6.45, 7) is 3.26. The third-order valence-corrected chi connectivity index (χ3v) is 4.79. The highest BCUT2D eigenvalue weighted by Crippen LogP contribution is 2.34. The van der Waals surface area contributed by atoms with E-state index in [0.29, 0.717) is 25.0 Å². The molecule has 0 saturated carbocycles. The number of nitrogens with one attached hydrogen (secondary N) is 1. The molecular weight excluding hydrogens is 293 g/mol. The van der Waals surface area contributed by atoms with E-state index in [0.717, 1.165) is 31.0 Å². The van der Waals surface area contributed by atoms with E-state index in [-0.39, 0.29) is 5.82 Å². The lowest BCUT2D eigenvalue weighted by Crippen LogP contribution is -2.38. The summed E-state index contributed by atoms with van der Waals surface area (Å²) in [5.41, 5.74) is 2.41. The van der Waals surface area contributed by atoms with Crippen molar-refractivity contribution in [3.8, 4) is 11.5 Å². The molecule has 4 rings (SSSR count). The van der Waals surface area contributed by atoms with Crippen LogP contribution in [0.1, 0.15) is 23.5 Å². The van der Waals surface area contributed by atoms with Gasteiger partial charge < -0.3 is 14.8 Å². The molecule has 0 amide bonds. The number of ether oxygens (including phenoxy) is 2. The topological polar surface area (TPSA) is 30.5 Å². The maximum absolute atomic E-state index is 13.1. The quantitative estimate of drug-likeness (QED) is 0.937. The van der Waals surface area contributed by atoms with Gasteiger partial charge in [0.1, 0.15) is 23.9 Å². The van der Waals surface area contributed by atoms with E-state index < -0.39 is 0 Å². The fourth-order valence-corrected chi connectivity index (χ4v) is 3.42. The van der Waals surface area contributed by atoms with Gasteiger partial charge in [-0.25, -0.2) is 4.39 Å². The second kappa shape index (κ2) is 6.20. The first-order valence-electron chi connectivity index (χ1n) is 8.14. The molecule has 2 aromatic carbocycles. The molecule has 0 radical (unpaired) electrons. The standard InChI is InChI=1S/C19H20FNO2/c20-16-3-1-13(2-4-16)18-7-8-21-10-15(18)12-22-17-5-6-19-14(9-17)11-23-19/h1-6,9,15,18,21H,7-8,10-12H2/t15-,18+/m0/s1. The fourth-order valence-electron chi connectivity index (χ4n) is 3.42. The zero-order valence-corrected chi connectivity index (χ0v) is 12.9. The van der Waals surface area contributed by atoms with E-state index >= 15 is 0 Å². The predicted molar refractivity (Wildman–Crippen MR) is 86.4 cm³/mol. The van der Waals surface area contributed by atoms with Gasteiger partial charge in [0.15, 0.2) is 0 Å². The van der Waals surface area contributed by atoms with Crippen LogP contribution in [0.25, 0.3) is 0 Å². The Morgan fingerprint density at radius 1 is 1.17 bits per heavy atom. The molecule has 1 fully saturated rings. The normalized spacial score (nSPS) is 22.7. The molecule has 0 spiro atoms. The average molecular weight is 313 g/mol. The Bertz CT molecular complexity index is 686. The van der Waals surface area contributed by atoms with Gasteiger partial charge in [-0.3, -0.25) is 0 Å². The monoisotopic (exact) mass is 313 g/mol. The summed E-state index contributed by atoms with van der Waals surface area (Å²) >= 11 is 0. The summed E-state index contributed by atoms with van der Waals surface area (Å²) in [6, 6.07) is 12.9. The first kappa shape index (κ1) is 14.5. The van der Waals surface area contributed by atoms with Crippen molar-refractivity contribution in [2.75, 3.05) is 19.7 Å². The first-order chi connectivity index (χ1) is 11.3. The number of fused-ring (bicyclic) bond motifs is 1. The lowest BCUT2D eigenvalue weighted by molar-refractivity contribution is 0.194. The Labute approximate surface area is 135 Å². The predicted octanol–water partition coefficient (Wildman–Crippen LogP) is 3.49. The summed E-state index contributed by atoms with van der Waals surface area (Å²) in [5.74, 6) is 2.47. The van der Waals surface area contributed by atoms with Gasteiger partial charge in [0.25, 0.3) is 0 Å². The maximum Gasteiger partial charge on any atom is 0.126 e. The van der Waals surface area contributed by atoms with Crippen LogP contribution in [0.15, 0.2) is 42.5 Å². The Hall–Kier alpha value is -2.07. The molecule has 3 nitrogen and oxygen atoms in total. The number of halogens is 1. The van der Waals surface area contributed by atoms with E-state index in [4.69, 9.17) is 9.47 Å². The zero-order valence-electron chi connectivity index (χ0n) is 12.9. The molecule has 1 N–H and O–H groups in total. The molecule has 2 atom stereocenters. The molecule has 23 heavy (non-hydrogen) atoms. The molecule has 0 aromatic heterocycles. The van der Waals surface area contributed by atoms with Crippen LogP contribution < -0.4 is 14.8 Å². The van der Waals surface area contributed by atoms with Gasteiger partial charge in [-0.2, -0.15) is 0 Å². The molecule has 0 bridgehead atoms. The van der Waals surface area contributed by atoms with E-state index in [1.807, 2.05) is 24.3 Å². The van der Waals surface area contributed by atoms with E-state index in [2.05, 4.69) is 11.4 Å². The molecule has 0 aliphatic carbocycles. The summed E-state index contributed by atoms with van der Waals surface area (Å²) in [5, 5.41) is 3.44. The largest absolute Gasteiger partial charge is 0.493 e. The van der Waals surface area contributed by atoms with Crippen molar-refractivity contribution in [2.45, 2.75) is 18.9 Å². The molecule has 1 saturated heterocycles. The molecule has 2 aliphatic rings. The zero-order chi connectivity index (χ0) is 15.6. The second-order valence-corrected chi connectivity index (χ2v) is 6.28. The van der Waals surface area contributed by atoms with Gasteiger partial charge in [-0.05, 0) is 54.8 Å². The van der Waals surface area contributed by atoms with Gasteiger partial charge in [-0.15, -0.1) is 0 Å². The van der Waals surface area contributed by atoms with Crippen LogP contribution in [0.4, 0.5) is 4.39 Å². The number of hydrogen-bond acceptors (Lipinski definition) is 3. The number of rotatable bonds is 4. The second-order valence-electron chi connectivity index (χ2n) is 6.28. The summed E-state index contributed by atoms with van der Waals surface area (Å²) in [7, 11) is 0. The van der Waals surface area contributed by atoms with E-state index in [1.165, 1.54) is 11.1 Å². The average Bonchev–Trinajstić information content (AvgIpc) is 2.56. The minimum atomic E-state index is -0.181. The third-order valence-electron chi connectivity index (χ3n) is 4.79. The van der Waals surface area contributed by atoms with Crippen LogP contribution in [-0.2, 0) is 6.61 Å². The Balaban J connectivity index is 1.44. The Morgan fingerprint density at radius 3 is 2.78 bits per heavy atom. The molecular formula is C19H20FNO2. The van der Waals surface area contributed by atoms with Crippen LogP contribution in [0.5, 0.6) is 11.5 Å². The van der Waals surface area contributed by atoms with E-state index in [1.54, 1.807) is 12.1 Å². The SMILES string of the molecule is Fc1ccc([C@H]2CCNC[C@H]2COc2ccc3c(c2)CO3)cc1. The van der Waals surface area contributed by atoms with Gasteiger partial charge in [0.05, 0.1) is 6.61 Å². The smallest absolute Gasteiger partial charge is 0.126 e. The van der Waals surface area contributed by atoms with Crippen molar-refractivity contribution < 1.29 is 13.9 Å². The fraction of sp³-hybridized carbons (Fsp3) is 0.368. The van der Waals surface area contributed by atoms with Crippen molar-refractivity contribution >= 4 is 0 Å². The highest BCUT2D eigenvalue weighted by molar-refractivity contribution is 5.44. The van der Waals surface area contributed by atoms with Crippen LogP contribution >= 0.6 is 0 Å². The van der Waals surface area contributed by atoms with Gasteiger partial charge >= 0.3 is 0 Å². The summed E-state index contributed by atoms with van der Waals surface area (Å²) < 4.78 is 24.5. The summed E-state index contributed by atoms with van der Waals surface area (Å²) in [4.78, 5) is 0. The minimum Gasteiger partial charge on any atom is -0.493 e. The van der Waals surface area contributed by atoms with Gasteiger partial charge in [0, 0.05) is 18.0 Å². The van der Waals surface area contributed by atoms with Crippen LogP contribution in [0.2, 0.25) is 0 Å². The number of piperidine rings is 1. The lowest BCUT2D eigenvalue weighted by atomic mass is 9.81. The van der Waals surface area contributed by atoms with Crippen molar-refractivity contribution in [3.05, 3.63) is 59.4 Å². The number of benzene rings is 2. The molecule has 0 unspecified atom stereocenters. The van der Waals surface area contributed by atoms with E-state index in [9.17, 15) is 4.39 Å². The third kappa shape index (κ3) is 3.04. The minimum absolute atomic E-state index is 0.181. The highest BCUT2D eigenvalue weighted by Gasteiger charge is 2.27. The number of hydrogen-bond donors (Lipinski definition) is 1. The highest BCUT2D eigenvalue weighted by atomic mass is 19.1. The van der Waals surface area contributed by atoms with Gasteiger partial charge in [0.2, 0.25) is 0 Å².